The van der Waals surface area contributed by atoms with E-state index in [1.54, 1.807) is 6.07 Å². The summed E-state index contributed by atoms with van der Waals surface area (Å²) in [5.74, 6) is 0.220. The van der Waals surface area contributed by atoms with E-state index >= 15 is 0 Å². The predicted molar refractivity (Wildman–Crippen MR) is 76.1 cm³/mol. The fourth-order valence-electron chi connectivity index (χ4n) is 1.42. The highest BCUT2D eigenvalue weighted by Crippen LogP contribution is 2.26. The molecule has 1 aromatic rings. The lowest BCUT2D eigenvalue weighted by atomic mass is 10.2. The number of halogens is 1. The van der Waals surface area contributed by atoms with Crippen LogP contribution in [0.3, 0.4) is 0 Å². The van der Waals surface area contributed by atoms with Crippen molar-refractivity contribution in [3.63, 3.8) is 0 Å². The molecule has 3 nitrogen and oxygen atoms in total. The fourth-order valence-corrected chi connectivity index (χ4v) is 2.49. The van der Waals surface area contributed by atoms with Crippen LogP contribution < -0.4 is 5.32 Å². The Balaban J connectivity index is 2.27. The zero-order chi connectivity index (χ0) is 13.4. The molecule has 1 rings (SSSR count). The number of hydrogen-bond donors (Lipinski definition) is 2. The van der Waals surface area contributed by atoms with Gasteiger partial charge in [-0.15, -0.1) is 11.8 Å². The van der Waals surface area contributed by atoms with Crippen LogP contribution in [0, 0.1) is 0 Å². The molecular formula is C13H18ClNO2S. The highest BCUT2D eigenvalue weighted by molar-refractivity contribution is 8.00. The van der Waals surface area contributed by atoms with E-state index in [0.717, 1.165) is 11.3 Å². The van der Waals surface area contributed by atoms with Gasteiger partial charge in [-0.25, -0.2) is 0 Å². The van der Waals surface area contributed by atoms with Crippen molar-refractivity contribution in [2.75, 3.05) is 12.3 Å². The van der Waals surface area contributed by atoms with Gasteiger partial charge in [0.1, 0.15) is 0 Å². The predicted octanol–water partition coefficient (Wildman–Crippen LogP) is 2.71. The van der Waals surface area contributed by atoms with E-state index in [1.807, 2.05) is 25.1 Å². The second-order valence-corrected chi connectivity index (χ2v) is 5.39. The standard InChI is InChI=1S/C13H18ClNO2S/c1-2-5-10(16)8-15-13(17)9-18-12-7-4-3-6-11(12)14/h3-4,6-7,10,16H,2,5,8-9H2,1H3,(H,15,17). The average molecular weight is 288 g/mol. The summed E-state index contributed by atoms with van der Waals surface area (Å²) in [7, 11) is 0. The van der Waals surface area contributed by atoms with Crippen LogP contribution >= 0.6 is 23.4 Å². The number of nitrogens with one attached hydrogen (secondary N) is 1. The number of benzene rings is 1. The van der Waals surface area contributed by atoms with E-state index in [2.05, 4.69) is 5.32 Å². The van der Waals surface area contributed by atoms with Crippen molar-refractivity contribution < 1.29 is 9.90 Å². The number of thioether (sulfide) groups is 1. The van der Waals surface area contributed by atoms with Crippen LogP contribution in [0.1, 0.15) is 19.8 Å². The Morgan fingerprint density at radius 1 is 1.50 bits per heavy atom. The lowest BCUT2D eigenvalue weighted by Crippen LogP contribution is -2.33. The summed E-state index contributed by atoms with van der Waals surface area (Å²) in [4.78, 5) is 12.4. The minimum atomic E-state index is -0.454. The third kappa shape index (κ3) is 5.76. The van der Waals surface area contributed by atoms with Gasteiger partial charge in [0, 0.05) is 11.4 Å². The van der Waals surface area contributed by atoms with Crippen molar-refractivity contribution in [3.8, 4) is 0 Å². The number of aliphatic hydroxyl groups excluding tert-OH is 1. The quantitative estimate of drug-likeness (QED) is 0.758. The van der Waals surface area contributed by atoms with E-state index in [4.69, 9.17) is 11.6 Å². The Labute approximate surface area is 117 Å². The molecule has 2 N–H and O–H groups in total. The molecular weight excluding hydrogens is 270 g/mol. The van der Waals surface area contributed by atoms with E-state index in [0.29, 0.717) is 23.7 Å². The van der Waals surface area contributed by atoms with Gasteiger partial charge in [0.25, 0.3) is 0 Å². The molecule has 1 unspecified atom stereocenters. The minimum absolute atomic E-state index is 0.0879. The number of amides is 1. The molecule has 0 aliphatic heterocycles. The molecule has 1 atom stereocenters. The third-order valence-corrected chi connectivity index (χ3v) is 3.87. The Morgan fingerprint density at radius 3 is 2.89 bits per heavy atom. The Kier molecular flexibility index (Phi) is 7.16. The number of aliphatic hydroxyl groups is 1. The molecule has 0 aliphatic carbocycles. The first-order valence-electron chi connectivity index (χ1n) is 5.95. The van der Waals surface area contributed by atoms with Gasteiger partial charge >= 0.3 is 0 Å². The molecule has 0 heterocycles. The topological polar surface area (TPSA) is 49.3 Å². The average Bonchev–Trinajstić information content (AvgIpc) is 2.36. The highest BCUT2D eigenvalue weighted by Gasteiger charge is 2.07. The maximum Gasteiger partial charge on any atom is 0.230 e. The van der Waals surface area contributed by atoms with Crippen molar-refractivity contribution >= 4 is 29.3 Å². The first kappa shape index (κ1) is 15.3. The van der Waals surface area contributed by atoms with Crippen molar-refractivity contribution in [1.82, 2.24) is 5.32 Å². The lowest BCUT2D eigenvalue weighted by Gasteiger charge is -2.10. The molecule has 0 aromatic heterocycles. The molecule has 0 bridgehead atoms. The minimum Gasteiger partial charge on any atom is -0.391 e. The number of hydrogen-bond acceptors (Lipinski definition) is 3. The Hall–Kier alpha value is -0.710. The summed E-state index contributed by atoms with van der Waals surface area (Å²) in [5.41, 5.74) is 0. The summed E-state index contributed by atoms with van der Waals surface area (Å²) in [6, 6.07) is 7.42. The van der Waals surface area contributed by atoms with Crippen LogP contribution in [0.25, 0.3) is 0 Å². The van der Waals surface area contributed by atoms with Crippen molar-refractivity contribution in [2.45, 2.75) is 30.8 Å². The molecule has 0 aliphatic rings. The molecule has 0 saturated carbocycles. The van der Waals surface area contributed by atoms with Gasteiger partial charge in [-0.05, 0) is 18.6 Å². The zero-order valence-corrected chi connectivity index (χ0v) is 11.9. The van der Waals surface area contributed by atoms with Gasteiger partial charge in [-0.3, -0.25) is 4.79 Å². The van der Waals surface area contributed by atoms with Crippen LogP contribution in [0.4, 0.5) is 0 Å². The summed E-state index contributed by atoms with van der Waals surface area (Å²) in [5, 5.41) is 12.8. The summed E-state index contributed by atoms with van der Waals surface area (Å²) in [6.07, 6.45) is 1.16. The largest absolute Gasteiger partial charge is 0.391 e. The summed E-state index contributed by atoms with van der Waals surface area (Å²) >= 11 is 7.38. The monoisotopic (exact) mass is 287 g/mol. The third-order valence-electron chi connectivity index (χ3n) is 2.35. The van der Waals surface area contributed by atoms with Gasteiger partial charge in [-0.2, -0.15) is 0 Å². The second kappa shape index (κ2) is 8.40. The Bertz CT molecular complexity index is 387. The first-order valence-corrected chi connectivity index (χ1v) is 7.32. The Morgan fingerprint density at radius 2 is 2.22 bits per heavy atom. The van der Waals surface area contributed by atoms with E-state index in [9.17, 15) is 9.90 Å². The first-order chi connectivity index (χ1) is 8.63. The van der Waals surface area contributed by atoms with Crippen LogP contribution in [0.15, 0.2) is 29.2 Å². The van der Waals surface area contributed by atoms with Gasteiger partial charge in [-0.1, -0.05) is 37.1 Å². The molecule has 100 valence electrons. The van der Waals surface area contributed by atoms with Crippen LogP contribution in [0.2, 0.25) is 5.02 Å². The van der Waals surface area contributed by atoms with E-state index in [-0.39, 0.29) is 5.91 Å². The highest BCUT2D eigenvalue weighted by atomic mass is 35.5. The fraction of sp³-hybridized carbons (Fsp3) is 0.462. The van der Waals surface area contributed by atoms with Crippen molar-refractivity contribution in [2.24, 2.45) is 0 Å². The summed E-state index contributed by atoms with van der Waals surface area (Å²) < 4.78 is 0. The van der Waals surface area contributed by atoms with Crippen LogP contribution in [-0.4, -0.2) is 29.4 Å². The lowest BCUT2D eigenvalue weighted by molar-refractivity contribution is -0.119. The molecule has 5 heteroatoms. The summed E-state index contributed by atoms with van der Waals surface area (Å²) in [6.45, 7) is 2.31. The number of carbonyl (C=O) groups excluding carboxylic acids is 1. The molecule has 0 fully saturated rings. The molecule has 0 spiro atoms. The molecule has 18 heavy (non-hydrogen) atoms. The molecule has 0 saturated heterocycles. The molecule has 0 radical (unpaired) electrons. The van der Waals surface area contributed by atoms with E-state index in [1.165, 1.54) is 11.8 Å². The SMILES string of the molecule is CCCC(O)CNC(=O)CSc1ccccc1Cl. The number of carbonyl (C=O) groups is 1. The smallest absolute Gasteiger partial charge is 0.230 e. The van der Waals surface area contributed by atoms with Gasteiger partial charge < -0.3 is 10.4 Å². The van der Waals surface area contributed by atoms with Crippen LogP contribution in [0.5, 0.6) is 0 Å². The molecule has 1 amide bonds. The van der Waals surface area contributed by atoms with E-state index < -0.39 is 6.10 Å². The normalized spacial score (nSPS) is 12.2. The van der Waals surface area contributed by atoms with Crippen molar-refractivity contribution in [1.29, 1.82) is 0 Å². The van der Waals surface area contributed by atoms with Crippen molar-refractivity contribution in [3.05, 3.63) is 29.3 Å². The maximum atomic E-state index is 11.6. The number of rotatable bonds is 7. The zero-order valence-electron chi connectivity index (χ0n) is 10.4. The van der Waals surface area contributed by atoms with Gasteiger partial charge in [0.15, 0.2) is 0 Å². The van der Waals surface area contributed by atoms with Gasteiger partial charge in [0.05, 0.1) is 16.9 Å². The molecule has 1 aromatic carbocycles. The maximum absolute atomic E-state index is 11.6. The van der Waals surface area contributed by atoms with Crippen LogP contribution in [-0.2, 0) is 4.79 Å². The second-order valence-electron chi connectivity index (χ2n) is 3.97. The van der Waals surface area contributed by atoms with Gasteiger partial charge in [0.2, 0.25) is 5.91 Å².